The van der Waals surface area contributed by atoms with Crippen LogP contribution in [0.15, 0.2) is 42.5 Å². The molecule has 3 rings (SSSR count). The van der Waals surface area contributed by atoms with E-state index in [1.165, 1.54) is 0 Å². The number of carbonyl (C=O) groups is 2. The number of amides is 2. The molecule has 0 aliphatic carbocycles. The Morgan fingerprint density at radius 2 is 1.83 bits per heavy atom. The second-order valence-electron chi connectivity index (χ2n) is 5.13. The van der Waals surface area contributed by atoms with Crippen LogP contribution in [0.5, 0.6) is 11.5 Å². The van der Waals surface area contributed by atoms with E-state index in [1.54, 1.807) is 18.2 Å². The molecular formula is C17H16N2O4. The highest BCUT2D eigenvalue weighted by molar-refractivity contribution is 6.39. The van der Waals surface area contributed by atoms with E-state index in [-0.39, 0.29) is 6.79 Å². The standard InChI is InChI=1S/C17H16N2O4/c1-11-4-2-3-5-12(11)9-18-16(20)17(21)19-13-6-7-14-15(8-13)23-10-22-14/h2-8H,9-10H2,1H3,(H,18,20)(H,19,21). The van der Waals surface area contributed by atoms with E-state index in [1.807, 2.05) is 31.2 Å². The third-order valence-electron chi connectivity index (χ3n) is 3.54. The SMILES string of the molecule is Cc1ccccc1CNC(=O)C(=O)Nc1ccc2c(c1)OCO2. The van der Waals surface area contributed by atoms with E-state index in [0.717, 1.165) is 11.1 Å². The summed E-state index contributed by atoms with van der Waals surface area (Å²) in [5, 5.41) is 5.14. The summed E-state index contributed by atoms with van der Waals surface area (Å²) in [4.78, 5) is 23.8. The zero-order valence-electron chi connectivity index (χ0n) is 12.6. The normalized spacial score (nSPS) is 11.9. The van der Waals surface area contributed by atoms with E-state index in [0.29, 0.717) is 23.7 Å². The van der Waals surface area contributed by atoms with Crippen molar-refractivity contribution in [2.75, 3.05) is 12.1 Å². The quantitative estimate of drug-likeness (QED) is 0.850. The van der Waals surface area contributed by atoms with Gasteiger partial charge in [0.05, 0.1) is 0 Å². The number of hydrogen-bond acceptors (Lipinski definition) is 4. The molecule has 0 bridgehead atoms. The van der Waals surface area contributed by atoms with Gasteiger partial charge in [0, 0.05) is 18.3 Å². The van der Waals surface area contributed by atoms with Gasteiger partial charge in [0.1, 0.15) is 0 Å². The molecule has 0 fully saturated rings. The fourth-order valence-corrected chi connectivity index (χ4v) is 2.23. The van der Waals surface area contributed by atoms with Gasteiger partial charge >= 0.3 is 11.8 Å². The van der Waals surface area contributed by atoms with Crippen molar-refractivity contribution in [3.05, 3.63) is 53.6 Å². The van der Waals surface area contributed by atoms with Gasteiger partial charge in [-0.25, -0.2) is 0 Å². The van der Waals surface area contributed by atoms with Crippen LogP contribution >= 0.6 is 0 Å². The summed E-state index contributed by atoms with van der Waals surface area (Å²) in [6, 6.07) is 12.6. The van der Waals surface area contributed by atoms with Gasteiger partial charge in [0.2, 0.25) is 6.79 Å². The molecule has 1 aliphatic rings. The first-order valence-electron chi connectivity index (χ1n) is 7.17. The first kappa shape index (κ1) is 14.9. The number of rotatable bonds is 3. The Morgan fingerprint density at radius 1 is 1.04 bits per heavy atom. The van der Waals surface area contributed by atoms with Gasteiger partial charge in [-0.15, -0.1) is 0 Å². The minimum atomic E-state index is -0.725. The molecule has 0 atom stereocenters. The number of fused-ring (bicyclic) bond motifs is 1. The molecule has 2 aromatic carbocycles. The number of carbonyl (C=O) groups excluding carboxylic acids is 2. The highest BCUT2D eigenvalue weighted by Crippen LogP contribution is 2.34. The van der Waals surface area contributed by atoms with Crippen LogP contribution in [0, 0.1) is 6.92 Å². The first-order valence-corrected chi connectivity index (χ1v) is 7.17. The second-order valence-corrected chi connectivity index (χ2v) is 5.13. The van der Waals surface area contributed by atoms with Crippen molar-refractivity contribution in [3.63, 3.8) is 0 Å². The van der Waals surface area contributed by atoms with E-state index >= 15 is 0 Å². The number of nitrogens with one attached hydrogen (secondary N) is 2. The summed E-state index contributed by atoms with van der Waals surface area (Å²) >= 11 is 0. The number of hydrogen-bond donors (Lipinski definition) is 2. The van der Waals surface area contributed by atoms with Gasteiger partial charge in [-0.2, -0.15) is 0 Å². The number of benzene rings is 2. The zero-order valence-corrected chi connectivity index (χ0v) is 12.6. The van der Waals surface area contributed by atoms with E-state index in [4.69, 9.17) is 9.47 Å². The summed E-state index contributed by atoms with van der Waals surface area (Å²) in [5.41, 5.74) is 2.51. The summed E-state index contributed by atoms with van der Waals surface area (Å²) < 4.78 is 10.4. The fourth-order valence-electron chi connectivity index (χ4n) is 2.23. The maximum atomic E-state index is 11.9. The van der Waals surface area contributed by atoms with Crippen LogP contribution in [-0.2, 0) is 16.1 Å². The van der Waals surface area contributed by atoms with Crippen LogP contribution in [-0.4, -0.2) is 18.6 Å². The monoisotopic (exact) mass is 312 g/mol. The average Bonchev–Trinajstić information content (AvgIpc) is 3.01. The molecule has 0 radical (unpaired) electrons. The highest BCUT2D eigenvalue weighted by Gasteiger charge is 2.17. The lowest BCUT2D eigenvalue weighted by atomic mass is 10.1. The number of anilines is 1. The molecule has 2 N–H and O–H groups in total. The minimum absolute atomic E-state index is 0.156. The largest absolute Gasteiger partial charge is 0.454 e. The van der Waals surface area contributed by atoms with E-state index < -0.39 is 11.8 Å². The lowest BCUT2D eigenvalue weighted by molar-refractivity contribution is -0.136. The molecule has 1 aliphatic heterocycles. The van der Waals surface area contributed by atoms with Gasteiger partial charge < -0.3 is 20.1 Å². The molecule has 1 heterocycles. The molecule has 0 saturated carbocycles. The molecule has 0 unspecified atom stereocenters. The Kier molecular flexibility index (Phi) is 4.14. The lowest BCUT2D eigenvalue weighted by Crippen LogP contribution is -2.35. The molecule has 0 spiro atoms. The van der Waals surface area contributed by atoms with Crippen LogP contribution in [0.3, 0.4) is 0 Å². The van der Waals surface area contributed by atoms with Crippen molar-refractivity contribution in [2.24, 2.45) is 0 Å². The average molecular weight is 312 g/mol. The molecule has 6 heteroatoms. The van der Waals surface area contributed by atoms with Crippen LogP contribution in [0.25, 0.3) is 0 Å². The van der Waals surface area contributed by atoms with Crippen molar-refractivity contribution in [1.29, 1.82) is 0 Å². The lowest BCUT2D eigenvalue weighted by Gasteiger charge is -2.08. The Balaban J connectivity index is 1.57. The Morgan fingerprint density at radius 3 is 2.65 bits per heavy atom. The maximum Gasteiger partial charge on any atom is 0.313 e. The maximum absolute atomic E-state index is 11.9. The van der Waals surface area contributed by atoms with Crippen LogP contribution in [0.2, 0.25) is 0 Å². The Bertz CT molecular complexity index is 758. The second kappa shape index (κ2) is 6.39. The third-order valence-corrected chi connectivity index (χ3v) is 3.54. The van der Waals surface area contributed by atoms with Gasteiger partial charge in [-0.3, -0.25) is 9.59 Å². The van der Waals surface area contributed by atoms with Crippen LogP contribution < -0.4 is 20.1 Å². The summed E-state index contributed by atoms with van der Waals surface area (Å²) in [5.74, 6) is -0.251. The Labute approximate surface area is 133 Å². The topological polar surface area (TPSA) is 76.7 Å². The molecule has 6 nitrogen and oxygen atoms in total. The van der Waals surface area contributed by atoms with Crippen LogP contribution in [0.4, 0.5) is 5.69 Å². The number of aryl methyl sites for hydroxylation is 1. The predicted octanol–water partition coefficient (Wildman–Crippen LogP) is 1.98. The highest BCUT2D eigenvalue weighted by atomic mass is 16.7. The van der Waals surface area contributed by atoms with Crippen molar-refractivity contribution in [2.45, 2.75) is 13.5 Å². The summed E-state index contributed by atoms with van der Waals surface area (Å²) in [6.07, 6.45) is 0. The summed E-state index contributed by atoms with van der Waals surface area (Å²) in [7, 11) is 0. The van der Waals surface area contributed by atoms with Crippen molar-refractivity contribution >= 4 is 17.5 Å². The molecule has 2 aromatic rings. The van der Waals surface area contributed by atoms with E-state index in [2.05, 4.69) is 10.6 Å². The predicted molar refractivity (Wildman–Crippen MR) is 84.2 cm³/mol. The zero-order chi connectivity index (χ0) is 16.2. The minimum Gasteiger partial charge on any atom is -0.454 e. The molecular weight excluding hydrogens is 296 g/mol. The molecule has 23 heavy (non-hydrogen) atoms. The smallest absolute Gasteiger partial charge is 0.313 e. The van der Waals surface area contributed by atoms with Crippen molar-refractivity contribution < 1.29 is 19.1 Å². The number of ether oxygens (including phenoxy) is 2. The first-order chi connectivity index (χ1) is 11.1. The van der Waals surface area contributed by atoms with Gasteiger partial charge in [-0.1, -0.05) is 24.3 Å². The van der Waals surface area contributed by atoms with Crippen molar-refractivity contribution in [3.8, 4) is 11.5 Å². The van der Waals surface area contributed by atoms with Gasteiger partial charge in [0.15, 0.2) is 11.5 Å². The fraction of sp³-hybridized carbons (Fsp3) is 0.176. The third kappa shape index (κ3) is 3.42. The molecule has 0 saturated heterocycles. The van der Waals surface area contributed by atoms with Crippen molar-refractivity contribution in [1.82, 2.24) is 5.32 Å². The summed E-state index contributed by atoms with van der Waals surface area (Å²) in [6.45, 7) is 2.41. The van der Waals surface area contributed by atoms with Crippen LogP contribution in [0.1, 0.15) is 11.1 Å². The van der Waals surface area contributed by atoms with E-state index in [9.17, 15) is 9.59 Å². The molecule has 0 aromatic heterocycles. The Hall–Kier alpha value is -3.02. The van der Waals surface area contributed by atoms with Gasteiger partial charge in [-0.05, 0) is 30.2 Å². The molecule has 2 amide bonds. The molecule has 118 valence electrons. The van der Waals surface area contributed by atoms with Gasteiger partial charge in [0.25, 0.3) is 0 Å².